The third-order valence-electron chi connectivity index (χ3n) is 3.32. The number of nitro groups is 1. The molecular weight excluding hydrogens is 230 g/mol. The number of nitro benzene ring substituents is 1. The highest BCUT2D eigenvalue weighted by Gasteiger charge is 2.21. The van der Waals surface area contributed by atoms with Gasteiger partial charge < -0.3 is 10.2 Å². The quantitative estimate of drug-likeness (QED) is 0.658. The van der Waals surface area contributed by atoms with E-state index in [4.69, 9.17) is 0 Å². The number of rotatable bonds is 3. The van der Waals surface area contributed by atoms with Crippen LogP contribution in [0.1, 0.15) is 25.3 Å². The van der Waals surface area contributed by atoms with Crippen molar-refractivity contribution in [1.29, 1.82) is 0 Å². The van der Waals surface area contributed by atoms with Crippen LogP contribution < -0.4 is 10.2 Å². The predicted molar refractivity (Wildman–Crippen MR) is 72.3 cm³/mol. The molecule has 0 amide bonds. The Morgan fingerprint density at radius 3 is 2.56 bits per heavy atom. The van der Waals surface area contributed by atoms with Gasteiger partial charge in [0.25, 0.3) is 5.69 Å². The van der Waals surface area contributed by atoms with Crippen molar-refractivity contribution in [3.8, 4) is 0 Å². The van der Waals surface area contributed by atoms with Gasteiger partial charge in [0.05, 0.1) is 4.92 Å². The Bertz CT molecular complexity index is 440. The van der Waals surface area contributed by atoms with E-state index in [0.717, 1.165) is 37.4 Å². The van der Waals surface area contributed by atoms with E-state index in [1.165, 1.54) is 0 Å². The maximum Gasteiger partial charge on any atom is 0.292 e. The van der Waals surface area contributed by atoms with E-state index in [0.29, 0.717) is 5.92 Å². The lowest BCUT2D eigenvalue weighted by Gasteiger charge is -2.29. The predicted octanol–water partition coefficient (Wildman–Crippen LogP) is 2.13. The second-order valence-corrected chi connectivity index (χ2v) is 4.90. The zero-order valence-electron chi connectivity index (χ0n) is 10.8. The molecule has 0 radical (unpaired) electrons. The van der Waals surface area contributed by atoms with Gasteiger partial charge in [0, 0.05) is 32.2 Å². The minimum absolute atomic E-state index is 0.225. The van der Waals surface area contributed by atoms with Crippen molar-refractivity contribution >= 4 is 11.4 Å². The molecule has 1 aromatic carbocycles. The Morgan fingerprint density at radius 2 is 2.00 bits per heavy atom. The van der Waals surface area contributed by atoms with Gasteiger partial charge in [-0.25, -0.2) is 0 Å². The smallest absolute Gasteiger partial charge is 0.292 e. The van der Waals surface area contributed by atoms with Crippen molar-refractivity contribution in [2.45, 2.75) is 19.8 Å². The van der Waals surface area contributed by atoms with Gasteiger partial charge in [0.2, 0.25) is 0 Å². The Hall–Kier alpha value is -1.62. The highest BCUT2D eigenvalue weighted by Crippen LogP contribution is 2.31. The summed E-state index contributed by atoms with van der Waals surface area (Å²) >= 11 is 0. The van der Waals surface area contributed by atoms with Crippen molar-refractivity contribution < 1.29 is 4.92 Å². The molecule has 0 saturated carbocycles. The van der Waals surface area contributed by atoms with Gasteiger partial charge in [0.15, 0.2) is 0 Å². The van der Waals surface area contributed by atoms with Crippen molar-refractivity contribution in [3.05, 3.63) is 33.9 Å². The van der Waals surface area contributed by atoms with Gasteiger partial charge in [0.1, 0.15) is 5.69 Å². The van der Waals surface area contributed by atoms with E-state index in [-0.39, 0.29) is 10.6 Å². The monoisotopic (exact) mass is 249 g/mol. The van der Waals surface area contributed by atoms with Crippen LogP contribution in [0.4, 0.5) is 11.4 Å². The molecule has 5 heteroatoms. The third kappa shape index (κ3) is 2.61. The van der Waals surface area contributed by atoms with E-state index < -0.39 is 0 Å². The molecule has 2 rings (SSSR count). The summed E-state index contributed by atoms with van der Waals surface area (Å²) in [5.41, 5.74) is 1.98. The van der Waals surface area contributed by atoms with Crippen LogP contribution in [0.15, 0.2) is 18.2 Å². The maximum atomic E-state index is 11.2. The molecule has 0 spiro atoms. The standard InChI is InChI=1S/C13H19N3O2/c1-10(2)11-3-4-12(13(9-11)16(17)18)15-7-5-14-6-8-15/h3-4,9-10,14H,5-8H2,1-2H3. The topological polar surface area (TPSA) is 58.4 Å². The van der Waals surface area contributed by atoms with Gasteiger partial charge in [-0.05, 0) is 17.5 Å². The second kappa shape index (κ2) is 5.35. The lowest BCUT2D eigenvalue weighted by molar-refractivity contribution is -0.384. The molecule has 5 nitrogen and oxygen atoms in total. The Kier molecular flexibility index (Phi) is 3.81. The van der Waals surface area contributed by atoms with Crippen LogP contribution in [-0.2, 0) is 0 Å². The minimum atomic E-state index is -0.275. The average molecular weight is 249 g/mol. The number of piperazine rings is 1. The zero-order valence-corrected chi connectivity index (χ0v) is 10.8. The molecule has 0 bridgehead atoms. The number of benzene rings is 1. The zero-order chi connectivity index (χ0) is 13.1. The molecular formula is C13H19N3O2. The third-order valence-corrected chi connectivity index (χ3v) is 3.32. The number of nitrogens with one attached hydrogen (secondary N) is 1. The van der Waals surface area contributed by atoms with E-state index >= 15 is 0 Å². The highest BCUT2D eigenvalue weighted by molar-refractivity contribution is 5.64. The lowest BCUT2D eigenvalue weighted by Crippen LogP contribution is -2.43. The fraction of sp³-hybridized carbons (Fsp3) is 0.538. The largest absolute Gasteiger partial charge is 0.363 e. The molecule has 1 aliphatic rings. The summed E-state index contributed by atoms with van der Waals surface area (Å²) in [5, 5.41) is 14.5. The van der Waals surface area contributed by atoms with Gasteiger partial charge in [-0.15, -0.1) is 0 Å². The number of nitrogens with zero attached hydrogens (tertiary/aromatic N) is 2. The highest BCUT2D eigenvalue weighted by atomic mass is 16.6. The van der Waals surface area contributed by atoms with E-state index in [2.05, 4.69) is 10.2 Å². The summed E-state index contributed by atoms with van der Waals surface area (Å²) in [6.45, 7) is 7.49. The van der Waals surface area contributed by atoms with Crippen molar-refractivity contribution in [2.75, 3.05) is 31.1 Å². The molecule has 0 aliphatic carbocycles. The molecule has 1 aliphatic heterocycles. The molecule has 0 atom stereocenters. The summed E-state index contributed by atoms with van der Waals surface area (Å²) in [7, 11) is 0. The van der Waals surface area contributed by atoms with Crippen LogP contribution in [0, 0.1) is 10.1 Å². The first-order valence-corrected chi connectivity index (χ1v) is 6.33. The van der Waals surface area contributed by atoms with Crippen LogP contribution in [0.5, 0.6) is 0 Å². The van der Waals surface area contributed by atoms with Crippen LogP contribution in [0.3, 0.4) is 0 Å². The van der Waals surface area contributed by atoms with Crippen molar-refractivity contribution in [1.82, 2.24) is 5.32 Å². The summed E-state index contributed by atoms with van der Waals surface area (Å²) in [6, 6.07) is 5.59. The van der Waals surface area contributed by atoms with Gasteiger partial charge >= 0.3 is 0 Å². The van der Waals surface area contributed by atoms with Gasteiger partial charge in [-0.1, -0.05) is 19.9 Å². The molecule has 1 aromatic rings. The molecule has 0 aromatic heterocycles. The summed E-state index contributed by atoms with van der Waals surface area (Å²) in [5.74, 6) is 0.306. The van der Waals surface area contributed by atoms with Crippen molar-refractivity contribution in [3.63, 3.8) is 0 Å². The second-order valence-electron chi connectivity index (χ2n) is 4.90. The van der Waals surface area contributed by atoms with Crippen LogP contribution in [-0.4, -0.2) is 31.1 Å². The molecule has 1 fully saturated rings. The molecule has 0 unspecified atom stereocenters. The van der Waals surface area contributed by atoms with Crippen LogP contribution in [0.2, 0.25) is 0 Å². The molecule has 1 heterocycles. The number of anilines is 1. The van der Waals surface area contributed by atoms with Gasteiger partial charge in [-0.2, -0.15) is 0 Å². The SMILES string of the molecule is CC(C)c1ccc(N2CCNCC2)c([N+](=O)[O-])c1. The lowest BCUT2D eigenvalue weighted by atomic mass is 10.0. The summed E-state index contributed by atoms with van der Waals surface area (Å²) in [4.78, 5) is 13.0. The number of hydrogen-bond acceptors (Lipinski definition) is 4. The Labute approximate surface area is 107 Å². The summed E-state index contributed by atoms with van der Waals surface area (Å²) in [6.07, 6.45) is 0. The number of hydrogen-bond donors (Lipinski definition) is 1. The molecule has 18 heavy (non-hydrogen) atoms. The van der Waals surface area contributed by atoms with Gasteiger partial charge in [-0.3, -0.25) is 10.1 Å². The van der Waals surface area contributed by atoms with Crippen molar-refractivity contribution in [2.24, 2.45) is 0 Å². The first kappa shape index (κ1) is 12.8. The Balaban J connectivity index is 2.36. The fourth-order valence-electron chi connectivity index (χ4n) is 2.22. The maximum absolute atomic E-state index is 11.2. The van der Waals surface area contributed by atoms with Crippen LogP contribution in [0.25, 0.3) is 0 Å². The average Bonchev–Trinajstić information content (AvgIpc) is 2.39. The van der Waals surface area contributed by atoms with Crippen LogP contribution >= 0.6 is 0 Å². The summed E-state index contributed by atoms with van der Waals surface area (Å²) < 4.78 is 0. The first-order valence-electron chi connectivity index (χ1n) is 6.33. The molecule has 1 N–H and O–H groups in total. The molecule has 98 valence electrons. The fourth-order valence-corrected chi connectivity index (χ4v) is 2.22. The Morgan fingerprint density at radius 1 is 1.33 bits per heavy atom. The van der Waals surface area contributed by atoms with E-state index in [1.54, 1.807) is 6.07 Å². The van der Waals surface area contributed by atoms with E-state index in [1.807, 2.05) is 26.0 Å². The molecule has 1 saturated heterocycles. The first-order chi connectivity index (χ1) is 8.59. The normalized spacial score (nSPS) is 16.1. The minimum Gasteiger partial charge on any atom is -0.363 e. The van der Waals surface area contributed by atoms with E-state index in [9.17, 15) is 10.1 Å².